The van der Waals surface area contributed by atoms with Crippen LogP contribution in [0.15, 0.2) is 30.3 Å². The Morgan fingerprint density at radius 3 is 1.76 bits per heavy atom. The zero-order chi connectivity index (χ0) is 15.4. The average molecular weight is 396 g/mol. The van der Waals surface area contributed by atoms with Crippen LogP contribution in [0, 0.1) is 0 Å². The molecule has 2 heteroatoms. The molecule has 1 nitrogen and oxygen atoms in total. The van der Waals surface area contributed by atoms with E-state index in [1.165, 1.54) is 63.9 Å². The molecule has 0 radical (unpaired) electrons. The molecule has 0 spiro atoms. The van der Waals surface area contributed by atoms with Gasteiger partial charge in [-0.3, -0.25) is 0 Å². The molecule has 0 heterocycles. The van der Waals surface area contributed by atoms with Crippen LogP contribution in [0.1, 0.15) is 65.7 Å². The van der Waals surface area contributed by atoms with Gasteiger partial charge in [0.2, 0.25) is 0 Å². The first-order valence-corrected chi connectivity index (χ1v) is 16.6. The van der Waals surface area contributed by atoms with Crippen LogP contribution in [-0.2, 0) is 0 Å². The van der Waals surface area contributed by atoms with Crippen LogP contribution in [0.2, 0.25) is 13.3 Å². The molecule has 120 valence electrons. The van der Waals surface area contributed by atoms with Gasteiger partial charge in [-0.05, 0) is 0 Å². The molecule has 0 aliphatic carbocycles. The van der Waals surface area contributed by atoms with Gasteiger partial charge >= 0.3 is 137 Å². The average Bonchev–Trinajstić information content (AvgIpc) is 2.52. The topological polar surface area (TPSA) is 12.0 Å². The summed E-state index contributed by atoms with van der Waals surface area (Å²) in [6.45, 7) is 7.00. The molecule has 0 saturated carbocycles. The summed E-state index contributed by atoms with van der Waals surface area (Å²) in [5.74, 6) is 0. The maximum atomic E-state index is 4.13. The van der Waals surface area contributed by atoms with Crippen molar-refractivity contribution in [1.82, 2.24) is 0 Å². The quantitative estimate of drug-likeness (QED) is 0.302. The third kappa shape index (κ3) is 7.58. The summed E-state index contributed by atoms with van der Waals surface area (Å²) in [7, 11) is 0. The number of para-hydroxylation sites is 1. The van der Waals surface area contributed by atoms with Crippen LogP contribution in [-0.4, -0.2) is 18.7 Å². The molecule has 1 aromatic rings. The van der Waals surface area contributed by atoms with Crippen molar-refractivity contribution >= 4 is 24.3 Å². The van der Waals surface area contributed by atoms with E-state index >= 15 is 0 Å². The van der Waals surface area contributed by atoms with Gasteiger partial charge in [-0.25, -0.2) is 0 Å². The van der Waals surface area contributed by atoms with E-state index in [-0.39, 0.29) is 0 Å². The van der Waals surface area contributed by atoms with Crippen molar-refractivity contribution in [2.45, 2.75) is 79.0 Å². The molecule has 0 aliphatic rings. The fourth-order valence-electron chi connectivity index (χ4n) is 3.13. The zero-order valence-electron chi connectivity index (χ0n) is 14.5. The fraction of sp³-hybridized carbons (Fsp3) is 0.684. The van der Waals surface area contributed by atoms with E-state index < -0.39 is 18.7 Å². The molecule has 0 unspecified atom stereocenters. The van der Waals surface area contributed by atoms with Crippen LogP contribution in [0.5, 0.6) is 0 Å². The summed E-state index contributed by atoms with van der Waals surface area (Å²) in [6, 6.07) is 11.0. The van der Waals surface area contributed by atoms with Crippen LogP contribution in [0.25, 0.3) is 0 Å². The number of anilines is 1. The van der Waals surface area contributed by atoms with Crippen molar-refractivity contribution < 1.29 is 0 Å². The SMILES string of the molecule is CCCC[CH2][Sn]([CH2]CCC)([CH2]CCC)[NH]c1ccccc1. The Labute approximate surface area is 137 Å². The third-order valence-corrected chi connectivity index (χ3v) is 18.0. The Morgan fingerprint density at radius 2 is 1.24 bits per heavy atom. The normalized spacial score (nSPS) is 11.6. The first-order chi connectivity index (χ1) is 10.3. The van der Waals surface area contributed by atoms with Crippen LogP contribution in [0.4, 0.5) is 5.69 Å². The molecule has 1 aromatic carbocycles. The summed E-state index contributed by atoms with van der Waals surface area (Å²) < 4.78 is 8.69. The van der Waals surface area contributed by atoms with Gasteiger partial charge in [0.1, 0.15) is 0 Å². The summed E-state index contributed by atoms with van der Waals surface area (Å²) in [5.41, 5.74) is 1.39. The molecule has 1 N–H and O–H groups in total. The molecule has 1 rings (SSSR count). The van der Waals surface area contributed by atoms with Gasteiger partial charge < -0.3 is 0 Å². The summed E-state index contributed by atoms with van der Waals surface area (Å²) in [4.78, 5) is 0. The van der Waals surface area contributed by atoms with Crippen molar-refractivity contribution in [3.8, 4) is 0 Å². The maximum absolute atomic E-state index is 4.13. The van der Waals surface area contributed by atoms with Crippen LogP contribution in [0.3, 0.4) is 0 Å². The first kappa shape index (κ1) is 18.9. The summed E-state index contributed by atoms with van der Waals surface area (Å²) >= 11 is -2.22. The second kappa shape index (κ2) is 11.4. The Balaban J connectivity index is 2.79. The molecule has 0 aliphatic heterocycles. The van der Waals surface area contributed by atoms with Gasteiger partial charge in [-0.15, -0.1) is 0 Å². The number of unbranched alkanes of at least 4 members (excludes halogenated alkanes) is 4. The number of hydrogen-bond donors (Lipinski definition) is 1. The van der Waals surface area contributed by atoms with Gasteiger partial charge in [0, 0.05) is 0 Å². The number of hydrogen-bond acceptors (Lipinski definition) is 1. The second-order valence-electron chi connectivity index (χ2n) is 6.44. The van der Waals surface area contributed by atoms with Gasteiger partial charge in [-0.1, -0.05) is 0 Å². The Kier molecular flexibility index (Phi) is 10.2. The predicted molar refractivity (Wildman–Crippen MR) is 99.6 cm³/mol. The standard InChI is InChI=1S/C6H6N.C5H11.2C4H9.Sn/c7-6-4-2-1-3-5-6;1-3-5-4-2;2*1-3-4-2;/h1-5,7H;1,3-5H2,2H3;2*1,3-4H2,2H3;/q-1;;;;+1. The second-order valence-corrected chi connectivity index (χ2v) is 18.7. The van der Waals surface area contributed by atoms with E-state index in [2.05, 4.69) is 54.6 Å². The molecule has 0 aromatic heterocycles. The predicted octanol–water partition coefficient (Wildman–Crippen LogP) is 6.83. The van der Waals surface area contributed by atoms with Crippen molar-refractivity contribution in [1.29, 1.82) is 0 Å². The van der Waals surface area contributed by atoms with Crippen molar-refractivity contribution in [3.63, 3.8) is 0 Å². The summed E-state index contributed by atoms with van der Waals surface area (Å²) in [6.07, 6.45) is 9.73. The first-order valence-electron chi connectivity index (χ1n) is 9.09. The molecule has 0 amide bonds. The van der Waals surface area contributed by atoms with Crippen molar-refractivity contribution in [2.24, 2.45) is 0 Å². The van der Waals surface area contributed by atoms with E-state index in [4.69, 9.17) is 0 Å². The van der Waals surface area contributed by atoms with Crippen LogP contribution >= 0.6 is 0 Å². The fourth-order valence-corrected chi connectivity index (χ4v) is 17.1. The molecule has 0 saturated heterocycles. The minimum absolute atomic E-state index is 1.34. The minimum atomic E-state index is -2.22. The van der Waals surface area contributed by atoms with E-state index in [0.717, 1.165) is 0 Å². The number of benzene rings is 1. The third-order valence-electron chi connectivity index (χ3n) is 4.46. The van der Waals surface area contributed by atoms with E-state index in [0.29, 0.717) is 0 Å². The molecular formula is C19H35NSn. The van der Waals surface area contributed by atoms with Crippen molar-refractivity contribution in [2.75, 3.05) is 3.54 Å². The van der Waals surface area contributed by atoms with Crippen LogP contribution < -0.4 is 3.54 Å². The molecule has 21 heavy (non-hydrogen) atoms. The van der Waals surface area contributed by atoms with Gasteiger partial charge in [0.25, 0.3) is 0 Å². The number of rotatable bonds is 12. The zero-order valence-corrected chi connectivity index (χ0v) is 17.3. The molecule has 0 fully saturated rings. The Morgan fingerprint density at radius 1 is 0.714 bits per heavy atom. The van der Waals surface area contributed by atoms with E-state index in [1.54, 1.807) is 0 Å². The van der Waals surface area contributed by atoms with E-state index in [1.807, 2.05) is 0 Å². The monoisotopic (exact) mass is 397 g/mol. The Bertz CT molecular complexity index is 342. The summed E-state index contributed by atoms with van der Waals surface area (Å²) in [5, 5.41) is 0. The molecule has 0 bridgehead atoms. The Hall–Kier alpha value is -0.181. The number of nitrogens with one attached hydrogen (secondary N) is 1. The van der Waals surface area contributed by atoms with Crippen molar-refractivity contribution in [3.05, 3.63) is 30.3 Å². The van der Waals surface area contributed by atoms with Gasteiger partial charge in [0.15, 0.2) is 0 Å². The van der Waals surface area contributed by atoms with Gasteiger partial charge in [0.05, 0.1) is 0 Å². The van der Waals surface area contributed by atoms with E-state index in [9.17, 15) is 0 Å². The molecule has 0 atom stereocenters. The van der Waals surface area contributed by atoms with Gasteiger partial charge in [-0.2, -0.15) is 0 Å². The molecular weight excluding hydrogens is 361 g/mol.